The maximum atomic E-state index is 12.4. The standard InChI is InChI=1S/C25H30O3/c1-3-19-8-16-24(17-9-19)28-25(26)23-14-12-22(13-15-23)21-10-6-20(7-11-21)5-4-18-27-2/h4-5,8-9,12-17,20-21H,3,6-7,10-11,18H2,1-2H3. The van der Waals surface area contributed by atoms with Gasteiger partial charge in [0.2, 0.25) is 0 Å². The van der Waals surface area contributed by atoms with Gasteiger partial charge in [0.05, 0.1) is 12.2 Å². The lowest BCUT2D eigenvalue weighted by atomic mass is 9.78. The number of aryl methyl sites for hydroxylation is 1. The van der Waals surface area contributed by atoms with Gasteiger partial charge in [-0.3, -0.25) is 0 Å². The van der Waals surface area contributed by atoms with E-state index in [2.05, 4.69) is 31.2 Å². The molecule has 0 aromatic heterocycles. The highest BCUT2D eigenvalue weighted by Crippen LogP contribution is 2.36. The Kier molecular flexibility index (Phi) is 7.44. The minimum Gasteiger partial charge on any atom is -0.423 e. The van der Waals surface area contributed by atoms with Crippen LogP contribution in [0.1, 0.15) is 60.0 Å². The Bertz CT molecular complexity index is 766. The Hall–Kier alpha value is -2.39. The quantitative estimate of drug-likeness (QED) is 0.339. The van der Waals surface area contributed by atoms with Gasteiger partial charge in [0, 0.05) is 7.11 Å². The molecular formula is C25H30O3. The first-order chi connectivity index (χ1) is 13.7. The van der Waals surface area contributed by atoms with Crippen LogP contribution in [0, 0.1) is 5.92 Å². The van der Waals surface area contributed by atoms with Gasteiger partial charge in [0.15, 0.2) is 0 Å². The number of esters is 1. The first-order valence-electron chi connectivity index (χ1n) is 10.3. The minimum atomic E-state index is -0.303. The second-order valence-electron chi connectivity index (χ2n) is 7.50. The maximum absolute atomic E-state index is 12.4. The molecule has 2 aromatic rings. The van der Waals surface area contributed by atoms with E-state index in [0.717, 1.165) is 6.42 Å². The number of benzene rings is 2. The highest BCUT2D eigenvalue weighted by atomic mass is 16.5. The predicted octanol–water partition coefficient (Wildman–Crippen LogP) is 5.94. The zero-order chi connectivity index (χ0) is 19.8. The lowest BCUT2D eigenvalue weighted by Gasteiger charge is -2.27. The highest BCUT2D eigenvalue weighted by molar-refractivity contribution is 5.91. The maximum Gasteiger partial charge on any atom is 0.343 e. The summed E-state index contributed by atoms with van der Waals surface area (Å²) >= 11 is 0. The van der Waals surface area contributed by atoms with Crippen LogP contribution in [-0.2, 0) is 11.2 Å². The fraction of sp³-hybridized carbons (Fsp3) is 0.400. The van der Waals surface area contributed by atoms with Crippen molar-refractivity contribution in [2.45, 2.75) is 44.9 Å². The Morgan fingerprint density at radius 2 is 1.68 bits per heavy atom. The molecule has 0 heterocycles. The van der Waals surface area contributed by atoms with Crippen molar-refractivity contribution in [3.05, 3.63) is 77.4 Å². The van der Waals surface area contributed by atoms with Gasteiger partial charge in [-0.2, -0.15) is 0 Å². The third-order valence-electron chi connectivity index (χ3n) is 5.60. The molecule has 0 bridgehead atoms. The van der Waals surface area contributed by atoms with Crippen LogP contribution in [0.3, 0.4) is 0 Å². The van der Waals surface area contributed by atoms with Crippen LogP contribution in [0.4, 0.5) is 0 Å². The van der Waals surface area contributed by atoms with Gasteiger partial charge in [0.25, 0.3) is 0 Å². The molecule has 1 aliphatic carbocycles. The van der Waals surface area contributed by atoms with E-state index in [1.54, 1.807) is 7.11 Å². The minimum absolute atomic E-state index is 0.303. The average Bonchev–Trinajstić information content (AvgIpc) is 2.75. The highest BCUT2D eigenvalue weighted by Gasteiger charge is 2.21. The van der Waals surface area contributed by atoms with E-state index in [0.29, 0.717) is 29.8 Å². The number of methoxy groups -OCH3 is 1. The van der Waals surface area contributed by atoms with Crippen molar-refractivity contribution in [2.24, 2.45) is 5.92 Å². The molecule has 2 aromatic carbocycles. The van der Waals surface area contributed by atoms with E-state index in [9.17, 15) is 4.79 Å². The van der Waals surface area contributed by atoms with Gasteiger partial charge in [0.1, 0.15) is 5.75 Å². The molecule has 0 radical (unpaired) electrons. The van der Waals surface area contributed by atoms with Crippen molar-refractivity contribution in [1.29, 1.82) is 0 Å². The van der Waals surface area contributed by atoms with Gasteiger partial charge in [-0.25, -0.2) is 4.79 Å². The molecule has 0 aliphatic heterocycles. The number of allylic oxidation sites excluding steroid dienone is 1. The van der Waals surface area contributed by atoms with Crippen molar-refractivity contribution in [3.63, 3.8) is 0 Å². The topological polar surface area (TPSA) is 35.5 Å². The molecule has 0 spiro atoms. The molecule has 1 aliphatic rings. The van der Waals surface area contributed by atoms with Crippen molar-refractivity contribution in [3.8, 4) is 5.75 Å². The number of carbonyl (C=O) groups excluding carboxylic acids is 1. The molecule has 1 saturated carbocycles. The summed E-state index contributed by atoms with van der Waals surface area (Å²) in [6.45, 7) is 2.80. The fourth-order valence-electron chi connectivity index (χ4n) is 3.84. The molecule has 0 atom stereocenters. The SMILES string of the molecule is CCc1ccc(OC(=O)c2ccc(C3CCC(C=CCOC)CC3)cc2)cc1. The van der Waals surface area contributed by atoms with Crippen LogP contribution in [0.25, 0.3) is 0 Å². The summed E-state index contributed by atoms with van der Waals surface area (Å²) in [5.74, 6) is 1.53. The van der Waals surface area contributed by atoms with Gasteiger partial charge in [-0.15, -0.1) is 0 Å². The van der Waals surface area contributed by atoms with Crippen LogP contribution >= 0.6 is 0 Å². The normalized spacial score (nSPS) is 19.6. The van der Waals surface area contributed by atoms with E-state index in [1.165, 1.54) is 36.8 Å². The summed E-state index contributed by atoms with van der Waals surface area (Å²) < 4.78 is 10.6. The summed E-state index contributed by atoms with van der Waals surface area (Å²) in [7, 11) is 1.72. The van der Waals surface area contributed by atoms with Crippen LogP contribution in [0.5, 0.6) is 5.75 Å². The number of hydrogen-bond acceptors (Lipinski definition) is 3. The second kappa shape index (κ2) is 10.2. The van der Waals surface area contributed by atoms with Crippen molar-refractivity contribution < 1.29 is 14.3 Å². The number of rotatable bonds is 7. The molecule has 28 heavy (non-hydrogen) atoms. The molecule has 0 N–H and O–H groups in total. The molecule has 0 saturated heterocycles. The lowest BCUT2D eigenvalue weighted by Crippen LogP contribution is -2.13. The predicted molar refractivity (Wildman–Crippen MR) is 113 cm³/mol. The van der Waals surface area contributed by atoms with E-state index in [4.69, 9.17) is 9.47 Å². The third-order valence-corrected chi connectivity index (χ3v) is 5.60. The van der Waals surface area contributed by atoms with Crippen LogP contribution in [0.2, 0.25) is 0 Å². The second-order valence-corrected chi connectivity index (χ2v) is 7.50. The summed E-state index contributed by atoms with van der Waals surface area (Å²) in [5.41, 5.74) is 3.15. The molecule has 0 unspecified atom stereocenters. The third kappa shape index (κ3) is 5.56. The first kappa shape index (κ1) is 20.3. The molecule has 3 heteroatoms. The average molecular weight is 379 g/mol. The largest absolute Gasteiger partial charge is 0.423 e. The smallest absolute Gasteiger partial charge is 0.343 e. The molecular weight excluding hydrogens is 348 g/mol. The summed E-state index contributed by atoms with van der Waals surface area (Å²) in [4.78, 5) is 12.4. The van der Waals surface area contributed by atoms with Gasteiger partial charge >= 0.3 is 5.97 Å². The Labute approximate surface area is 168 Å². The number of ether oxygens (including phenoxy) is 2. The fourth-order valence-corrected chi connectivity index (χ4v) is 3.84. The van der Waals surface area contributed by atoms with Gasteiger partial charge in [-0.1, -0.05) is 43.3 Å². The van der Waals surface area contributed by atoms with Gasteiger partial charge in [-0.05, 0) is 79.3 Å². The monoisotopic (exact) mass is 378 g/mol. The number of carbonyl (C=O) groups is 1. The van der Waals surface area contributed by atoms with Crippen molar-refractivity contribution in [2.75, 3.05) is 13.7 Å². The first-order valence-corrected chi connectivity index (χ1v) is 10.3. The zero-order valence-corrected chi connectivity index (χ0v) is 16.9. The van der Waals surface area contributed by atoms with Crippen LogP contribution in [0.15, 0.2) is 60.7 Å². The molecule has 0 amide bonds. The Balaban J connectivity index is 1.53. The van der Waals surface area contributed by atoms with E-state index in [1.807, 2.05) is 36.4 Å². The zero-order valence-electron chi connectivity index (χ0n) is 16.9. The molecule has 148 valence electrons. The van der Waals surface area contributed by atoms with Crippen molar-refractivity contribution >= 4 is 5.97 Å². The Morgan fingerprint density at radius 3 is 2.29 bits per heavy atom. The van der Waals surface area contributed by atoms with Gasteiger partial charge < -0.3 is 9.47 Å². The van der Waals surface area contributed by atoms with E-state index < -0.39 is 0 Å². The van der Waals surface area contributed by atoms with E-state index in [-0.39, 0.29) is 5.97 Å². The lowest BCUT2D eigenvalue weighted by molar-refractivity contribution is 0.0734. The van der Waals surface area contributed by atoms with Crippen LogP contribution < -0.4 is 4.74 Å². The summed E-state index contributed by atoms with van der Waals surface area (Å²) in [5, 5.41) is 0. The molecule has 3 nitrogen and oxygen atoms in total. The summed E-state index contributed by atoms with van der Waals surface area (Å²) in [6.07, 6.45) is 10.2. The van der Waals surface area contributed by atoms with Crippen molar-refractivity contribution in [1.82, 2.24) is 0 Å². The van der Waals surface area contributed by atoms with E-state index >= 15 is 0 Å². The number of hydrogen-bond donors (Lipinski definition) is 0. The summed E-state index contributed by atoms with van der Waals surface area (Å²) in [6, 6.07) is 15.6. The molecule has 1 fully saturated rings. The molecule has 3 rings (SSSR count). The van der Waals surface area contributed by atoms with Crippen LogP contribution in [-0.4, -0.2) is 19.7 Å². The Morgan fingerprint density at radius 1 is 1.00 bits per heavy atom.